The second-order valence-corrected chi connectivity index (χ2v) is 5.64. The quantitative estimate of drug-likeness (QED) is 0.799. The van der Waals surface area contributed by atoms with E-state index in [4.69, 9.17) is 23.8 Å². The van der Waals surface area contributed by atoms with Gasteiger partial charge in [0.05, 0.1) is 0 Å². The Bertz CT molecular complexity index is 718. The van der Waals surface area contributed by atoms with Crippen LogP contribution in [-0.4, -0.2) is 14.9 Å². The van der Waals surface area contributed by atoms with Gasteiger partial charge >= 0.3 is 6.18 Å². The molecule has 1 N–H and O–H groups in total. The number of hydrogen-bond donors (Lipinski definition) is 1. The maximum atomic E-state index is 12.5. The Labute approximate surface area is 131 Å². The number of nitrogens with one attached hydrogen (secondary N) is 1. The lowest BCUT2D eigenvalue weighted by atomic mass is 10.3. The zero-order valence-corrected chi connectivity index (χ0v) is 12.9. The lowest BCUT2D eigenvalue weighted by Crippen LogP contribution is -2.17. The number of nitrogens with zero attached hydrogens (tertiary/aromatic N) is 3. The van der Waals surface area contributed by atoms with E-state index < -0.39 is 11.2 Å². The van der Waals surface area contributed by atoms with Gasteiger partial charge in [-0.3, -0.25) is 0 Å². The molecule has 1 aromatic carbocycles. The molecule has 4 nitrogen and oxygen atoms in total. The van der Waals surface area contributed by atoms with E-state index in [1.165, 1.54) is 7.05 Å². The van der Waals surface area contributed by atoms with Gasteiger partial charge in [0.2, 0.25) is 9.81 Å². The van der Waals surface area contributed by atoms with E-state index in [1.54, 1.807) is 24.3 Å². The third-order valence-corrected chi connectivity index (χ3v) is 3.73. The van der Waals surface area contributed by atoms with Crippen LogP contribution in [0.4, 0.5) is 18.9 Å². The van der Waals surface area contributed by atoms with Crippen LogP contribution < -0.4 is 10.1 Å². The summed E-state index contributed by atoms with van der Waals surface area (Å²) < 4.78 is 38.6. The second kappa shape index (κ2) is 6.12. The van der Waals surface area contributed by atoms with E-state index >= 15 is 0 Å². The fourth-order valence-corrected chi connectivity index (χ4v) is 2.48. The number of thiocarbonyl (C=S) groups is 1. The van der Waals surface area contributed by atoms with E-state index in [-0.39, 0.29) is 9.91 Å². The fraction of sp³-hybridized carbons (Fsp3) is 0.182. The summed E-state index contributed by atoms with van der Waals surface area (Å²) in [5.41, 5.74) is 0.636. The zero-order chi connectivity index (χ0) is 15.6. The fourth-order valence-electron chi connectivity index (χ4n) is 1.33. The van der Waals surface area contributed by atoms with Crippen molar-refractivity contribution < 1.29 is 13.2 Å². The molecule has 1 heterocycles. The van der Waals surface area contributed by atoms with Crippen molar-refractivity contribution in [1.29, 1.82) is 0 Å². The summed E-state index contributed by atoms with van der Waals surface area (Å²) in [5, 5.41) is 5.77. The molecule has 0 amide bonds. The van der Waals surface area contributed by atoms with Gasteiger partial charge in [0.1, 0.15) is 0 Å². The van der Waals surface area contributed by atoms with Gasteiger partial charge in [-0.15, -0.1) is 0 Å². The number of hydrogen-bond acceptors (Lipinski definition) is 3. The Kier molecular flexibility index (Phi) is 4.64. The highest BCUT2D eigenvalue weighted by Gasteiger charge is 2.35. The predicted octanol–water partition coefficient (Wildman–Crippen LogP) is 3.45. The minimum absolute atomic E-state index is 0.0327. The van der Waals surface area contributed by atoms with Gasteiger partial charge < -0.3 is 5.32 Å². The summed E-state index contributed by atoms with van der Waals surface area (Å²) in [7, 11) is 1.37. The van der Waals surface area contributed by atoms with E-state index in [9.17, 15) is 13.2 Å². The maximum Gasteiger partial charge on any atom is 0.445 e. The summed E-state index contributed by atoms with van der Waals surface area (Å²) >= 11 is 11.1. The largest absolute Gasteiger partial charge is 0.445 e. The standard InChI is InChI=1S/C11H8ClF3N4S2/c1-19-10(21-8(18-19)11(13,14)15)17-9(20)16-7-4-2-6(12)3-5-7/h2-5H,1H3,(H,16,20)/b17-10-. The van der Waals surface area contributed by atoms with Crippen LogP contribution in [0.1, 0.15) is 5.01 Å². The van der Waals surface area contributed by atoms with Gasteiger partial charge in [-0.1, -0.05) is 22.9 Å². The molecular weight excluding hydrogens is 345 g/mol. The summed E-state index contributed by atoms with van der Waals surface area (Å²) in [6.07, 6.45) is -4.50. The highest BCUT2D eigenvalue weighted by Crippen LogP contribution is 2.28. The van der Waals surface area contributed by atoms with E-state index in [2.05, 4.69) is 15.4 Å². The number of halogens is 4. The molecule has 0 aliphatic rings. The molecule has 0 saturated carbocycles. The smallest absolute Gasteiger partial charge is 0.331 e. The Morgan fingerprint density at radius 3 is 2.52 bits per heavy atom. The van der Waals surface area contributed by atoms with Crippen LogP contribution in [0.15, 0.2) is 29.3 Å². The monoisotopic (exact) mass is 352 g/mol. The summed E-state index contributed by atoms with van der Waals surface area (Å²) in [6, 6.07) is 6.66. The molecule has 2 rings (SSSR count). The first kappa shape index (κ1) is 15.9. The number of alkyl halides is 3. The minimum atomic E-state index is -4.50. The first-order valence-corrected chi connectivity index (χ1v) is 7.08. The molecule has 0 spiro atoms. The van der Waals surface area contributed by atoms with Crippen LogP contribution >= 0.6 is 35.2 Å². The van der Waals surface area contributed by atoms with Gasteiger partial charge in [-0.2, -0.15) is 23.3 Å². The molecule has 10 heteroatoms. The van der Waals surface area contributed by atoms with Crippen LogP contribution in [-0.2, 0) is 13.2 Å². The summed E-state index contributed by atoms with van der Waals surface area (Å²) in [5.74, 6) is 0. The third-order valence-electron chi connectivity index (χ3n) is 2.24. The van der Waals surface area contributed by atoms with Crippen LogP contribution in [0, 0.1) is 0 Å². The Morgan fingerprint density at radius 2 is 2.00 bits per heavy atom. The van der Waals surface area contributed by atoms with Crippen LogP contribution in [0.2, 0.25) is 5.02 Å². The normalized spacial score (nSPS) is 12.5. The average molecular weight is 353 g/mol. The van der Waals surface area contributed by atoms with Crippen molar-refractivity contribution in [2.45, 2.75) is 6.18 Å². The number of aryl methyl sites for hydroxylation is 1. The van der Waals surface area contributed by atoms with Gasteiger partial charge in [0.25, 0.3) is 0 Å². The maximum absolute atomic E-state index is 12.5. The SMILES string of the molecule is Cn1nc(C(F)(F)F)s/c1=N\C(=S)Nc1ccc(Cl)cc1. The number of anilines is 1. The van der Waals surface area contributed by atoms with Crippen LogP contribution in [0.25, 0.3) is 0 Å². The lowest BCUT2D eigenvalue weighted by molar-refractivity contribution is -0.138. The highest BCUT2D eigenvalue weighted by atomic mass is 35.5. The third kappa shape index (κ3) is 4.26. The van der Waals surface area contributed by atoms with Gasteiger partial charge in [0.15, 0.2) is 5.11 Å². The molecule has 0 atom stereocenters. The molecule has 21 heavy (non-hydrogen) atoms. The molecule has 0 aliphatic heterocycles. The molecule has 0 aliphatic carbocycles. The van der Waals surface area contributed by atoms with Crippen LogP contribution in [0.5, 0.6) is 0 Å². The van der Waals surface area contributed by atoms with Gasteiger partial charge in [-0.25, -0.2) is 4.68 Å². The predicted molar refractivity (Wildman–Crippen MR) is 79.3 cm³/mol. The van der Waals surface area contributed by atoms with Crippen molar-refractivity contribution in [3.05, 3.63) is 39.1 Å². The molecule has 2 aromatic rings. The van der Waals surface area contributed by atoms with E-state index in [0.29, 0.717) is 22.0 Å². The Balaban J connectivity index is 2.21. The van der Waals surface area contributed by atoms with Crippen molar-refractivity contribution in [2.75, 3.05) is 5.32 Å². The molecule has 0 saturated heterocycles. The van der Waals surface area contributed by atoms with E-state index in [1.807, 2.05) is 0 Å². The molecule has 0 radical (unpaired) electrons. The van der Waals surface area contributed by atoms with E-state index in [0.717, 1.165) is 4.68 Å². The molecule has 0 bridgehead atoms. The topological polar surface area (TPSA) is 42.2 Å². The van der Waals surface area contributed by atoms with Gasteiger partial charge in [0, 0.05) is 17.8 Å². The zero-order valence-electron chi connectivity index (χ0n) is 10.5. The Hall–Kier alpha value is -1.45. The summed E-state index contributed by atoms with van der Waals surface area (Å²) in [4.78, 5) is 3.97. The number of rotatable bonds is 1. The molecule has 112 valence electrons. The van der Waals surface area contributed by atoms with Gasteiger partial charge in [-0.05, 0) is 36.5 Å². The van der Waals surface area contributed by atoms with Crippen molar-refractivity contribution in [3.63, 3.8) is 0 Å². The van der Waals surface area contributed by atoms with Crippen LogP contribution in [0.3, 0.4) is 0 Å². The van der Waals surface area contributed by atoms with Crippen molar-refractivity contribution in [2.24, 2.45) is 12.0 Å². The minimum Gasteiger partial charge on any atom is -0.331 e. The first-order valence-electron chi connectivity index (χ1n) is 5.48. The summed E-state index contributed by atoms with van der Waals surface area (Å²) in [6.45, 7) is 0. The highest BCUT2D eigenvalue weighted by molar-refractivity contribution is 7.80. The molecular formula is C11H8ClF3N4S2. The van der Waals surface area contributed by atoms with Crippen molar-refractivity contribution >= 4 is 46.0 Å². The van der Waals surface area contributed by atoms with Crippen molar-refractivity contribution in [3.8, 4) is 0 Å². The lowest BCUT2D eigenvalue weighted by Gasteiger charge is -2.02. The number of aromatic nitrogens is 2. The Morgan fingerprint density at radius 1 is 1.38 bits per heavy atom. The van der Waals surface area contributed by atoms with Crippen molar-refractivity contribution in [1.82, 2.24) is 9.78 Å². The molecule has 0 fully saturated rings. The molecule has 1 aromatic heterocycles. The first-order chi connectivity index (χ1) is 9.75. The molecule has 0 unspecified atom stereocenters. The average Bonchev–Trinajstić information content (AvgIpc) is 2.74. The second-order valence-electron chi connectivity index (χ2n) is 3.86. The number of benzene rings is 1.